The van der Waals surface area contributed by atoms with Gasteiger partial charge in [0, 0.05) is 31.6 Å². The number of carboxylic acid groups (broad SMARTS) is 1. The highest BCUT2D eigenvalue weighted by Crippen LogP contribution is 2.40. The standard InChI is InChI=1S/C29H30F3N7O4/c1-3-20-14-22(26-23(39(20)28(40)41)4-5-25(37-26)42-2)36-27-34-16-24(38-6-8-43-9-7-38)21(35-27)13-17-10-18(15-33)12-19(11-17)29(30,31)32/h4-5,10-12,16,20,22H,3,6-9,13-14H2,1-2H3,(H,40,41)(H,34,35,36)/t20-,22+/m1/s1. The van der Waals surface area contributed by atoms with Crippen LogP contribution < -0.4 is 19.9 Å². The van der Waals surface area contributed by atoms with Crippen molar-refractivity contribution in [2.75, 3.05) is 48.5 Å². The third-order valence-corrected chi connectivity index (χ3v) is 7.55. The molecule has 0 saturated carbocycles. The van der Waals surface area contributed by atoms with Crippen LogP contribution in [0.4, 0.5) is 35.3 Å². The fourth-order valence-corrected chi connectivity index (χ4v) is 5.49. The van der Waals surface area contributed by atoms with Crippen molar-refractivity contribution in [2.45, 2.75) is 44.4 Å². The van der Waals surface area contributed by atoms with Gasteiger partial charge in [0.05, 0.1) is 72.5 Å². The maximum absolute atomic E-state index is 13.6. The molecule has 0 aliphatic carbocycles. The lowest BCUT2D eigenvalue weighted by Gasteiger charge is -2.38. The molecule has 2 aliphatic heterocycles. The van der Waals surface area contributed by atoms with Gasteiger partial charge in [-0.15, -0.1) is 0 Å². The van der Waals surface area contributed by atoms with Gasteiger partial charge in [0.2, 0.25) is 11.8 Å². The highest BCUT2D eigenvalue weighted by molar-refractivity contribution is 5.88. The van der Waals surface area contributed by atoms with Crippen molar-refractivity contribution >= 4 is 23.4 Å². The third-order valence-electron chi connectivity index (χ3n) is 7.55. The highest BCUT2D eigenvalue weighted by atomic mass is 19.4. The predicted molar refractivity (Wildman–Crippen MR) is 150 cm³/mol. The average Bonchev–Trinajstić information content (AvgIpc) is 3.00. The first-order chi connectivity index (χ1) is 20.6. The van der Waals surface area contributed by atoms with Gasteiger partial charge >= 0.3 is 12.3 Å². The fourth-order valence-electron chi connectivity index (χ4n) is 5.49. The highest BCUT2D eigenvalue weighted by Gasteiger charge is 2.37. The summed E-state index contributed by atoms with van der Waals surface area (Å²) in [4.78, 5) is 29.3. The van der Waals surface area contributed by atoms with E-state index in [0.717, 1.165) is 12.1 Å². The van der Waals surface area contributed by atoms with E-state index in [9.17, 15) is 28.3 Å². The lowest BCUT2D eigenvalue weighted by molar-refractivity contribution is -0.137. The van der Waals surface area contributed by atoms with Crippen molar-refractivity contribution in [3.05, 3.63) is 64.6 Å². The van der Waals surface area contributed by atoms with Crippen LogP contribution in [0.1, 0.15) is 53.9 Å². The molecule has 2 atom stereocenters. The summed E-state index contributed by atoms with van der Waals surface area (Å²) in [5.41, 5.74) is 1.26. The third kappa shape index (κ3) is 6.41. The number of carbonyl (C=O) groups is 1. The van der Waals surface area contributed by atoms with Gasteiger partial charge in [-0.2, -0.15) is 18.4 Å². The van der Waals surface area contributed by atoms with E-state index < -0.39 is 23.9 Å². The number of nitrogens with zero attached hydrogens (tertiary/aromatic N) is 6. The molecule has 226 valence electrons. The fraction of sp³-hybridized carbons (Fsp3) is 0.414. The summed E-state index contributed by atoms with van der Waals surface area (Å²) in [6.07, 6.45) is -3.15. The molecule has 1 aromatic carbocycles. The maximum atomic E-state index is 13.6. The molecule has 2 aliphatic rings. The second-order valence-electron chi connectivity index (χ2n) is 10.2. The Morgan fingerprint density at radius 2 is 1.98 bits per heavy atom. The number of aromatic nitrogens is 3. The summed E-state index contributed by atoms with van der Waals surface area (Å²) in [6.45, 7) is 3.96. The van der Waals surface area contributed by atoms with E-state index in [1.807, 2.05) is 17.9 Å². The Morgan fingerprint density at radius 3 is 2.63 bits per heavy atom. The van der Waals surface area contributed by atoms with Crippen LogP contribution in [-0.2, 0) is 17.3 Å². The predicted octanol–water partition coefficient (Wildman–Crippen LogP) is 5.02. The van der Waals surface area contributed by atoms with Gasteiger partial charge in [0.25, 0.3) is 0 Å². The van der Waals surface area contributed by atoms with Crippen LogP contribution in [0.3, 0.4) is 0 Å². The molecule has 0 unspecified atom stereocenters. The number of hydrogen-bond donors (Lipinski definition) is 2. The van der Waals surface area contributed by atoms with Crippen LogP contribution in [0.15, 0.2) is 36.5 Å². The van der Waals surface area contributed by atoms with Crippen LogP contribution in [-0.4, -0.2) is 65.6 Å². The Balaban J connectivity index is 1.54. The Labute approximate surface area is 245 Å². The smallest absolute Gasteiger partial charge is 0.416 e. The number of amides is 1. The molecule has 1 fully saturated rings. The van der Waals surface area contributed by atoms with E-state index >= 15 is 0 Å². The molecule has 2 N–H and O–H groups in total. The molecule has 2 aromatic heterocycles. The quantitative estimate of drug-likeness (QED) is 0.382. The van der Waals surface area contributed by atoms with Gasteiger partial charge < -0.3 is 24.8 Å². The van der Waals surface area contributed by atoms with E-state index in [1.165, 1.54) is 18.1 Å². The zero-order valence-electron chi connectivity index (χ0n) is 23.6. The first-order valence-corrected chi connectivity index (χ1v) is 13.7. The summed E-state index contributed by atoms with van der Waals surface area (Å²) in [6, 6.07) is 7.51. The number of nitriles is 1. The van der Waals surface area contributed by atoms with E-state index in [-0.39, 0.29) is 29.5 Å². The van der Waals surface area contributed by atoms with Crippen LogP contribution in [0, 0.1) is 11.3 Å². The molecule has 3 aromatic rings. The van der Waals surface area contributed by atoms with Crippen molar-refractivity contribution in [2.24, 2.45) is 0 Å². The zero-order valence-corrected chi connectivity index (χ0v) is 23.6. The van der Waals surface area contributed by atoms with Crippen molar-refractivity contribution in [3.63, 3.8) is 0 Å². The summed E-state index contributed by atoms with van der Waals surface area (Å²) in [5.74, 6) is 0.520. The number of pyridine rings is 1. The van der Waals surface area contributed by atoms with Gasteiger partial charge in [-0.3, -0.25) is 4.90 Å². The number of fused-ring (bicyclic) bond motifs is 1. The SMILES string of the molecule is CC[C@@H]1C[C@H](Nc2ncc(N3CCOCC3)c(Cc3cc(C#N)cc(C(F)(F)F)c3)n2)c2nc(OC)ccc2N1C(=O)O. The largest absolute Gasteiger partial charge is 0.481 e. The number of halogens is 3. The van der Waals surface area contributed by atoms with Gasteiger partial charge in [0.15, 0.2) is 0 Å². The van der Waals surface area contributed by atoms with Crippen LogP contribution in [0.2, 0.25) is 0 Å². The molecule has 0 spiro atoms. The monoisotopic (exact) mass is 597 g/mol. The minimum atomic E-state index is -4.62. The van der Waals surface area contributed by atoms with E-state index in [2.05, 4.69) is 15.3 Å². The number of benzene rings is 1. The van der Waals surface area contributed by atoms with Crippen LogP contribution in [0.5, 0.6) is 5.88 Å². The van der Waals surface area contributed by atoms with Gasteiger partial charge in [0.1, 0.15) is 0 Å². The van der Waals surface area contributed by atoms with Crippen molar-refractivity contribution < 1.29 is 32.5 Å². The second-order valence-corrected chi connectivity index (χ2v) is 10.2. The van der Waals surface area contributed by atoms with Crippen LogP contribution >= 0.6 is 0 Å². The number of anilines is 3. The molecule has 1 amide bonds. The van der Waals surface area contributed by atoms with E-state index in [1.54, 1.807) is 18.3 Å². The molecule has 0 radical (unpaired) electrons. The molecular weight excluding hydrogens is 567 g/mol. The van der Waals surface area contributed by atoms with Gasteiger partial charge in [-0.25, -0.2) is 19.7 Å². The summed E-state index contributed by atoms with van der Waals surface area (Å²) in [5, 5.41) is 22.6. The minimum Gasteiger partial charge on any atom is -0.481 e. The second kappa shape index (κ2) is 12.3. The van der Waals surface area contributed by atoms with Gasteiger partial charge in [-0.05, 0) is 42.7 Å². The average molecular weight is 598 g/mol. The van der Waals surface area contributed by atoms with Crippen LogP contribution in [0.25, 0.3) is 0 Å². The summed E-state index contributed by atoms with van der Waals surface area (Å²) >= 11 is 0. The minimum absolute atomic E-state index is 0.0141. The Morgan fingerprint density at radius 1 is 1.21 bits per heavy atom. The molecule has 1 saturated heterocycles. The van der Waals surface area contributed by atoms with Crippen molar-refractivity contribution in [1.82, 2.24) is 15.0 Å². The number of alkyl halides is 3. The van der Waals surface area contributed by atoms with Gasteiger partial charge in [-0.1, -0.05) is 6.92 Å². The number of ether oxygens (including phenoxy) is 2. The molecule has 43 heavy (non-hydrogen) atoms. The van der Waals surface area contributed by atoms with Crippen molar-refractivity contribution in [1.29, 1.82) is 5.26 Å². The van der Waals surface area contributed by atoms with Crippen molar-refractivity contribution in [3.8, 4) is 11.9 Å². The molecule has 4 heterocycles. The topological polar surface area (TPSA) is 137 Å². The molecule has 11 nitrogen and oxygen atoms in total. The number of morpholine rings is 1. The number of nitrogens with one attached hydrogen (secondary N) is 1. The Hall–Kier alpha value is -4.64. The summed E-state index contributed by atoms with van der Waals surface area (Å²) in [7, 11) is 1.47. The summed E-state index contributed by atoms with van der Waals surface area (Å²) < 4.78 is 51.6. The maximum Gasteiger partial charge on any atom is 0.416 e. The Bertz CT molecular complexity index is 1540. The molecule has 0 bridgehead atoms. The molecule has 14 heteroatoms. The molecule has 5 rings (SSSR count). The molecular formula is C29H30F3N7O4. The first-order valence-electron chi connectivity index (χ1n) is 13.7. The normalized spacial score (nSPS) is 18.5. The number of hydrogen-bond acceptors (Lipinski definition) is 9. The lowest BCUT2D eigenvalue weighted by atomic mass is 9.93. The first kappa shape index (κ1) is 29.8. The lowest BCUT2D eigenvalue weighted by Crippen LogP contribution is -2.45. The van der Waals surface area contributed by atoms with E-state index in [0.29, 0.717) is 67.8 Å². The van der Waals surface area contributed by atoms with E-state index in [4.69, 9.17) is 14.5 Å². The number of methoxy groups -OCH3 is 1. The Kier molecular flexibility index (Phi) is 8.54. The zero-order chi connectivity index (χ0) is 30.7. The number of rotatable bonds is 7.